The highest BCUT2D eigenvalue weighted by atomic mass is 32.2. The fourth-order valence-electron chi connectivity index (χ4n) is 2.40. The van der Waals surface area contributed by atoms with E-state index in [1.54, 1.807) is 6.26 Å². The third-order valence-electron chi connectivity index (χ3n) is 3.22. The first-order valence-electron chi connectivity index (χ1n) is 6.23. The topological polar surface area (TPSA) is 25.2 Å². The summed E-state index contributed by atoms with van der Waals surface area (Å²) in [5, 5.41) is 4.33. The first-order valence-corrected chi connectivity index (χ1v) is 7.11. The normalized spacial score (nSPS) is 25.9. The average Bonchev–Trinajstić information content (AvgIpc) is 2.66. The van der Waals surface area contributed by atoms with Gasteiger partial charge in [-0.3, -0.25) is 0 Å². The molecule has 0 saturated heterocycles. The molecule has 0 spiro atoms. The first kappa shape index (κ1) is 12.1. The molecule has 0 bridgehead atoms. The first-order chi connectivity index (χ1) is 7.79. The minimum Gasteiger partial charge on any atom is -0.468 e. The van der Waals surface area contributed by atoms with E-state index >= 15 is 0 Å². The molecule has 3 heteroatoms. The van der Waals surface area contributed by atoms with Crippen LogP contribution in [0.1, 0.15) is 38.4 Å². The van der Waals surface area contributed by atoms with Crippen molar-refractivity contribution in [3.63, 3.8) is 0 Å². The quantitative estimate of drug-likeness (QED) is 0.869. The van der Waals surface area contributed by atoms with Crippen molar-refractivity contribution in [1.82, 2.24) is 5.32 Å². The van der Waals surface area contributed by atoms with Crippen LogP contribution in [-0.2, 0) is 0 Å². The summed E-state index contributed by atoms with van der Waals surface area (Å²) in [5.74, 6) is 1.07. The predicted molar refractivity (Wildman–Crippen MR) is 69.0 cm³/mol. The van der Waals surface area contributed by atoms with Crippen LogP contribution in [0.5, 0.6) is 0 Å². The summed E-state index contributed by atoms with van der Waals surface area (Å²) < 4.78 is 5.34. The number of nitrogens with one attached hydrogen (secondary N) is 1. The van der Waals surface area contributed by atoms with Gasteiger partial charge in [0, 0.05) is 16.2 Å². The van der Waals surface area contributed by atoms with Gasteiger partial charge in [-0.05, 0) is 38.8 Å². The molecule has 1 aliphatic rings. The van der Waals surface area contributed by atoms with Gasteiger partial charge in [0.05, 0.1) is 6.26 Å². The third kappa shape index (κ3) is 3.05. The van der Waals surface area contributed by atoms with E-state index in [1.807, 2.05) is 18.7 Å². The van der Waals surface area contributed by atoms with Gasteiger partial charge >= 0.3 is 0 Å². The largest absolute Gasteiger partial charge is 0.468 e. The van der Waals surface area contributed by atoms with E-state index in [2.05, 4.69) is 18.3 Å². The Morgan fingerprint density at radius 2 is 2.38 bits per heavy atom. The summed E-state index contributed by atoms with van der Waals surface area (Å²) in [7, 11) is 0. The smallest absolute Gasteiger partial charge is 0.114 e. The number of furan rings is 1. The highest BCUT2D eigenvalue weighted by molar-refractivity contribution is 8.00. The maximum atomic E-state index is 5.34. The second-order valence-corrected chi connectivity index (χ2v) is 5.84. The SMILES string of the molecule is CCNC1CCCC(Sc2ccoc2C)C1. The van der Waals surface area contributed by atoms with E-state index in [0.717, 1.165) is 23.6 Å². The van der Waals surface area contributed by atoms with Crippen LogP contribution in [0.3, 0.4) is 0 Å². The van der Waals surface area contributed by atoms with E-state index < -0.39 is 0 Å². The summed E-state index contributed by atoms with van der Waals surface area (Å²) in [6.07, 6.45) is 7.13. The molecule has 0 aromatic carbocycles. The molecule has 0 amide bonds. The van der Waals surface area contributed by atoms with E-state index in [0.29, 0.717) is 0 Å². The lowest BCUT2D eigenvalue weighted by molar-refractivity contribution is 0.387. The standard InChI is InChI=1S/C13H21NOS/c1-3-14-11-5-4-6-12(9-11)16-13-7-8-15-10(13)2/h7-8,11-12,14H,3-6,9H2,1-2H3. The summed E-state index contributed by atoms with van der Waals surface area (Å²) in [5.41, 5.74) is 0. The Kier molecular flexibility index (Phi) is 4.36. The predicted octanol–water partition coefficient (Wildman–Crippen LogP) is 3.60. The Hall–Kier alpha value is -0.410. The van der Waals surface area contributed by atoms with E-state index in [4.69, 9.17) is 4.42 Å². The van der Waals surface area contributed by atoms with Gasteiger partial charge in [0.2, 0.25) is 0 Å². The van der Waals surface area contributed by atoms with Crippen LogP contribution in [0, 0.1) is 6.92 Å². The summed E-state index contributed by atoms with van der Waals surface area (Å²) in [6.45, 7) is 5.33. The maximum Gasteiger partial charge on any atom is 0.114 e. The molecule has 2 unspecified atom stereocenters. The second kappa shape index (κ2) is 5.78. The number of aryl methyl sites for hydroxylation is 1. The Bertz CT molecular complexity index is 321. The van der Waals surface area contributed by atoms with E-state index in [-0.39, 0.29) is 0 Å². The van der Waals surface area contributed by atoms with E-state index in [1.165, 1.54) is 30.6 Å². The lowest BCUT2D eigenvalue weighted by atomic mass is 9.95. The number of rotatable bonds is 4. The highest BCUT2D eigenvalue weighted by Crippen LogP contribution is 2.35. The Morgan fingerprint density at radius 1 is 1.50 bits per heavy atom. The fourth-order valence-corrected chi connectivity index (χ4v) is 3.72. The molecule has 2 nitrogen and oxygen atoms in total. The van der Waals surface area contributed by atoms with Crippen molar-refractivity contribution in [3.8, 4) is 0 Å². The summed E-state index contributed by atoms with van der Waals surface area (Å²) in [4.78, 5) is 1.32. The van der Waals surface area contributed by atoms with Crippen LogP contribution in [-0.4, -0.2) is 17.8 Å². The lowest BCUT2D eigenvalue weighted by Gasteiger charge is -2.29. The van der Waals surface area contributed by atoms with Gasteiger partial charge in [0.1, 0.15) is 5.76 Å². The zero-order valence-electron chi connectivity index (χ0n) is 10.2. The zero-order valence-corrected chi connectivity index (χ0v) is 11.0. The van der Waals surface area contributed by atoms with Crippen molar-refractivity contribution in [1.29, 1.82) is 0 Å². The molecule has 0 radical (unpaired) electrons. The van der Waals surface area contributed by atoms with E-state index in [9.17, 15) is 0 Å². The van der Waals surface area contributed by atoms with Crippen LogP contribution in [0.4, 0.5) is 0 Å². The molecule has 2 atom stereocenters. The Morgan fingerprint density at radius 3 is 3.06 bits per heavy atom. The fraction of sp³-hybridized carbons (Fsp3) is 0.692. The van der Waals surface area contributed by atoms with Crippen LogP contribution in [0.2, 0.25) is 0 Å². The van der Waals surface area contributed by atoms with Crippen molar-refractivity contribution in [2.45, 2.75) is 55.7 Å². The van der Waals surface area contributed by atoms with Gasteiger partial charge in [-0.2, -0.15) is 0 Å². The molecule has 1 heterocycles. The molecule has 0 aliphatic heterocycles. The van der Waals surface area contributed by atoms with Crippen LogP contribution in [0.25, 0.3) is 0 Å². The summed E-state index contributed by atoms with van der Waals surface area (Å²) >= 11 is 1.99. The molecule has 1 saturated carbocycles. The molecular formula is C13H21NOS. The van der Waals surface area contributed by atoms with Gasteiger partial charge < -0.3 is 9.73 Å². The summed E-state index contributed by atoms with van der Waals surface area (Å²) in [6, 6.07) is 2.82. The van der Waals surface area contributed by atoms with Crippen molar-refractivity contribution in [2.75, 3.05) is 6.54 Å². The molecule has 1 aliphatic carbocycles. The van der Waals surface area contributed by atoms with Crippen molar-refractivity contribution >= 4 is 11.8 Å². The molecule has 1 fully saturated rings. The van der Waals surface area contributed by atoms with Crippen LogP contribution < -0.4 is 5.32 Å². The van der Waals surface area contributed by atoms with Crippen LogP contribution >= 0.6 is 11.8 Å². The van der Waals surface area contributed by atoms with Crippen molar-refractivity contribution in [2.24, 2.45) is 0 Å². The molecule has 2 rings (SSSR count). The van der Waals surface area contributed by atoms with Crippen LogP contribution in [0.15, 0.2) is 21.6 Å². The molecule has 1 N–H and O–H groups in total. The monoisotopic (exact) mass is 239 g/mol. The zero-order chi connectivity index (χ0) is 11.4. The lowest BCUT2D eigenvalue weighted by Crippen LogP contribution is -2.34. The Labute approximate surface area is 102 Å². The molecular weight excluding hydrogens is 218 g/mol. The number of thioether (sulfide) groups is 1. The minimum absolute atomic E-state index is 0.725. The maximum absolute atomic E-state index is 5.34. The second-order valence-electron chi connectivity index (χ2n) is 4.50. The van der Waals surface area contributed by atoms with Crippen molar-refractivity contribution in [3.05, 3.63) is 18.1 Å². The van der Waals surface area contributed by atoms with Gasteiger partial charge in [-0.15, -0.1) is 11.8 Å². The third-order valence-corrected chi connectivity index (χ3v) is 4.66. The molecule has 16 heavy (non-hydrogen) atoms. The van der Waals surface area contributed by atoms with Gasteiger partial charge in [0.25, 0.3) is 0 Å². The van der Waals surface area contributed by atoms with Gasteiger partial charge in [-0.1, -0.05) is 13.3 Å². The van der Waals surface area contributed by atoms with Crippen molar-refractivity contribution < 1.29 is 4.42 Å². The molecule has 1 aromatic rings. The molecule has 1 aromatic heterocycles. The van der Waals surface area contributed by atoms with Gasteiger partial charge in [-0.25, -0.2) is 0 Å². The molecule has 90 valence electrons. The average molecular weight is 239 g/mol. The highest BCUT2D eigenvalue weighted by Gasteiger charge is 2.22. The number of hydrogen-bond donors (Lipinski definition) is 1. The van der Waals surface area contributed by atoms with Gasteiger partial charge in [0.15, 0.2) is 0 Å². The number of hydrogen-bond acceptors (Lipinski definition) is 3. The Balaban J connectivity index is 1.88. The minimum atomic E-state index is 0.725.